The molecule has 21 heavy (non-hydrogen) atoms. The number of benzene rings is 1. The maximum Gasteiger partial charge on any atom is 0.163 e. The van der Waals surface area contributed by atoms with Crippen molar-refractivity contribution in [3.8, 4) is 6.07 Å². The van der Waals surface area contributed by atoms with Gasteiger partial charge in [-0.2, -0.15) is 5.26 Å². The van der Waals surface area contributed by atoms with E-state index in [0.29, 0.717) is 12.2 Å². The molecule has 0 saturated carbocycles. The molecule has 1 aromatic heterocycles. The lowest BCUT2D eigenvalue weighted by Crippen LogP contribution is -2.24. The monoisotopic (exact) mass is 299 g/mol. The van der Waals surface area contributed by atoms with Crippen LogP contribution in [-0.4, -0.2) is 11.0 Å². The predicted molar refractivity (Wildman–Crippen MR) is 83.0 cm³/mol. The molecule has 0 saturated heterocycles. The number of thioether (sulfide) groups is 1. The smallest absolute Gasteiger partial charge is 0.163 e. The summed E-state index contributed by atoms with van der Waals surface area (Å²) in [6.45, 7) is 3.69. The molecule has 0 fully saturated rings. The van der Waals surface area contributed by atoms with Crippen LogP contribution in [0.2, 0.25) is 0 Å². The molecular weight excluding hydrogens is 282 g/mol. The summed E-state index contributed by atoms with van der Waals surface area (Å²) in [6.07, 6.45) is 0.336. The number of furan rings is 1. The molecule has 0 aliphatic carbocycles. The third-order valence-corrected chi connectivity index (χ3v) is 4.29. The third kappa shape index (κ3) is 4.24. The summed E-state index contributed by atoms with van der Waals surface area (Å²) in [7, 11) is 0. The summed E-state index contributed by atoms with van der Waals surface area (Å²) < 4.78 is 5.45. The van der Waals surface area contributed by atoms with E-state index >= 15 is 0 Å². The Morgan fingerprint density at radius 3 is 2.57 bits per heavy atom. The number of nitrogens with zero attached hydrogens (tertiary/aromatic N) is 1. The molecule has 0 aliphatic heterocycles. The van der Waals surface area contributed by atoms with E-state index in [4.69, 9.17) is 4.42 Å². The Morgan fingerprint density at radius 2 is 2.00 bits per heavy atom. The van der Waals surface area contributed by atoms with E-state index < -0.39 is 5.92 Å². The zero-order chi connectivity index (χ0) is 15.2. The minimum absolute atomic E-state index is 0.0552. The van der Waals surface area contributed by atoms with Crippen molar-refractivity contribution in [3.63, 3.8) is 0 Å². The largest absolute Gasteiger partial charge is 0.466 e. The van der Waals surface area contributed by atoms with Crippen LogP contribution < -0.4 is 0 Å². The molecule has 0 radical (unpaired) electrons. The van der Waals surface area contributed by atoms with Gasteiger partial charge in [0.05, 0.1) is 11.3 Å². The molecule has 0 bridgehead atoms. The molecule has 1 heterocycles. The van der Waals surface area contributed by atoms with Crippen LogP contribution in [0, 0.1) is 24.2 Å². The zero-order valence-corrected chi connectivity index (χ0v) is 12.9. The van der Waals surface area contributed by atoms with Crippen molar-refractivity contribution in [1.82, 2.24) is 0 Å². The van der Waals surface area contributed by atoms with E-state index in [-0.39, 0.29) is 11.0 Å². The number of carbonyl (C=O) groups excluding carboxylic acids is 1. The van der Waals surface area contributed by atoms with Gasteiger partial charge in [-0.25, -0.2) is 0 Å². The van der Waals surface area contributed by atoms with Crippen LogP contribution in [0.1, 0.15) is 18.4 Å². The third-order valence-electron chi connectivity index (χ3n) is 3.16. The standard InChI is InChI=1S/C17H17NO2S/c1-12-8-9-15(20-12)10-14(11-18)17(19)13(2)21-16-6-4-3-5-7-16/h3-9,13-14H,10H2,1-2H3. The van der Waals surface area contributed by atoms with Crippen LogP contribution in [0.5, 0.6) is 0 Å². The molecule has 0 amide bonds. The molecule has 1 aromatic carbocycles. The van der Waals surface area contributed by atoms with Gasteiger partial charge in [-0.1, -0.05) is 18.2 Å². The summed E-state index contributed by atoms with van der Waals surface area (Å²) >= 11 is 1.48. The van der Waals surface area contributed by atoms with Gasteiger partial charge in [-0.05, 0) is 38.1 Å². The number of nitriles is 1. The molecule has 0 N–H and O–H groups in total. The Balaban J connectivity index is 2.01. The minimum Gasteiger partial charge on any atom is -0.466 e. The minimum atomic E-state index is -0.665. The molecule has 0 spiro atoms. The van der Waals surface area contributed by atoms with Gasteiger partial charge < -0.3 is 4.42 Å². The summed E-state index contributed by atoms with van der Waals surface area (Å²) in [5, 5.41) is 9.00. The summed E-state index contributed by atoms with van der Waals surface area (Å²) in [5.41, 5.74) is 0. The number of rotatable bonds is 6. The quantitative estimate of drug-likeness (QED) is 0.756. The van der Waals surface area contributed by atoms with E-state index in [1.807, 2.05) is 56.3 Å². The number of Topliss-reactive ketones (excluding diaryl/α,β-unsaturated/α-hetero) is 1. The van der Waals surface area contributed by atoms with Crippen molar-refractivity contribution >= 4 is 17.5 Å². The average molecular weight is 299 g/mol. The zero-order valence-electron chi connectivity index (χ0n) is 12.1. The van der Waals surface area contributed by atoms with Crippen LogP contribution in [-0.2, 0) is 11.2 Å². The number of ketones is 1. The lowest BCUT2D eigenvalue weighted by atomic mass is 9.98. The Morgan fingerprint density at radius 1 is 1.29 bits per heavy atom. The fourth-order valence-electron chi connectivity index (χ4n) is 2.05. The van der Waals surface area contributed by atoms with Crippen molar-refractivity contribution in [2.45, 2.75) is 30.4 Å². The van der Waals surface area contributed by atoms with E-state index in [0.717, 1.165) is 10.7 Å². The first-order valence-electron chi connectivity index (χ1n) is 6.80. The second-order valence-electron chi connectivity index (χ2n) is 4.87. The summed E-state index contributed by atoms with van der Waals surface area (Å²) in [5.74, 6) is 0.757. The van der Waals surface area contributed by atoms with Crippen molar-refractivity contribution in [2.24, 2.45) is 5.92 Å². The summed E-state index contributed by atoms with van der Waals surface area (Å²) in [4.78, 5) is 13.4. The fraction of sp³-hybridized carbons (Fsp3) is 0.294. The molecular formula is C17H17NO2S. The first-order valence-corrected chi connectivity index (χ1v) is 7.68. The van der Waals surface area contributed by atoms with Gasteiger partial charge >= 0.3 is 0 Å². The molecule has 3 nitrogen and oxygen atoms in total. The number of aryl methyl sites for hydroxylation is 1. The Hall–Kier alpha value is -1.99. The van der Waals surface area contributed by atoms with Crippen LogP contribution in [0.15, 0.2) is 51.8 Å². The van der Waals surface area contributed by atoms with Crippen molar-refractivity contribution in [1.29, 1.82) is 5.26 Å². The van der Waals surface area contributed by atoms with Gasteiger partial charge in [0.2, 0.25) is 0 Å². The Bertz CT molecular complexity index is 642. The van der Waals surface area contributed by atoms with Gasteiger partial charge in [0.25, 0.3) is 0 Å². The molecule has 0 aliphatic rings. The second-order valence-corrected chi connectivity index (χ2v) is 6.29. The van der Waals surface area contributed by atoms with Gasteiger partial charge in [0.1, 0.15) is 17.4 Å². The van der Waals surface area contributed by atoms with Crippen molar-refractivity contribution < 1.29 is 9.21 Å². The predicted octanol–water partition coefficient (Wildman–Crippen LogP) is 4.02. The Kier molecular flexibility index (Phi) is 5.24. The van der Waals surface area contributed by atoms with E-state index in [9.17, 15) is 10.1 Å². The van der Waals surface area contributed by atoms with Gasteiger partial charge in [0.15, 0.2) is 5.78 Å². The lowest BCUT2D eigenvalue weighted by molar-refractivity contribution is -0.120. The number of hydrogen-bond acceptors (Lipinski definition) is 4. The van der Waals surface area contributed by atoms with E-state index in [1.54, 1.807) is 0 Å². The Labute approximate surface area is 129 Å². The van der Waals surface area contributed by atoms with Gasteiger partial charge in [-0.15, -0.1) is 11.8 Å². The second kappa shape index (κ2) is 7.14. The molecule has 108 valence electrons. The SMILES string of the molecule is Cc1ccc(CC(C#N)C(=O)C(C)Sc2ccccc2)o1. The topological polar surface area (TPSA) is 54.0 Å². The highest BCUT2D eigenvalue weighted by Crippen LogP contribution is 2.26. The van der Waals surface area contributed by atoms with Gasteiger partial charge in [-0.3, -0.25) is 4.79 Å². The van der Waals surface area contributed by atoms with Crippen LogP contribution >= 0.6 is 11.8 Å². The van der Waals surface area contributed by atoms with Gasteiger partial charge in [0, 0.05) is 11.3 Å². The molecule has 2 atom stereocenters. The molecule has 2 unspecified atom stereocenters. The van der Waals surface area contributed by atoms with Crippen LogP contribution in [0.25, 0.3) is 0 Å². The number of hydrogen-bond donors (Lipinski definition) is 0. The highest BCUT2D eigenvalue weighted by Gasteiger charge is 2.25. The summed E-state index contributed by atoms with van der Waals surface area (Å²) in [6, 6.07) is 15.5. The fourth-order valence-corrected chi connectivity index (χ4v) is 3.05. The maximum absolute atomic E-state index is 12.4. The van der Waals surface area contributed by atoms with Crippen molar-refractivity contribution in [3.05, 3.63) is 54.0 Å². The molecule has 2 aromatic rings. The first-order chi connectivity index (χ1) is 10.1. The van der Waals surface area contributed by atoms with Crippen LogP contribution in [0.3, 0.4) is 0 Å². The van der Waals surface area contributed by atoms with E-state index in [1.165, 1.54) is 11.8 Å². The average Bonchev–Trinajstić information content (AvgIpc) is 2.90. The molecule has 2 rings (SSSR count). The highest BCUT2D eigenvalue weighted by atomic mass is 32.2. The maximum atomic E-state index is 12.4. The number of carbonyl (C=O) groups is 1. The molecule has 4 heteroatoms. The normalized spacial score (nSPS) is 13.4. The lowest BCUT2D eigenvalue weighted by Gasteiger charge is -2.13. The first kappa shape index (κ1) is 15.4. The van der Waals surface area contributed by atoms with Crippen LogP contribution in [0.4, 0.5) is 0 Å². The van der Waals surface area contributed by atoms with Crippen molar-refractivity contribution in [2.75, 3.05) is 0 Å². The van der Waals surface area contributed by atoms with E-state index in [2.05, 4.69) is 6.07 Å². The highest BCUT2D eigenvalue weighted by molar-refractivity contribution is 8.00.